The quantitative estimate of drug-likeness (QED) is 0.793. The molecule has 0 amide bonds. The van der Waals surface area contributed by atoms with E-state index in [1.54, 1.807) is 7.11 Å². The highest BCUT2D eigenvalue weighted by Crippen LogP contribution is 2.20. The van der Waals surface area contributed by atoms with Crippen molar-refractivity contribution >= 4 is 0 Å². The van der Waals surface area contributed by atoms with Gasteiger partial charge < -0.3 is 15.0 Å². The third-order valence-electron chi connectivity index (χ3n) is 4.41. The lowest BCUT2D eigenvalue weighted by molar-refractivity contribution is 0.277. The first-order chi connectivity index (χ1) is 10.2. The Hall–Kier alpha value is -1.06. The Morgan fingerprint density at radius 2 is 1.86 bits per heavy atom. The van der Waals surface area contributed by atoms with Crippen LogP contribution in [0.15, 0.2) is 24.3 Å². The molecular formula is C18H30N2O. The van der Waals surface area contributed by atoms with Crippen LogP contribution < -0.4 is 10.1 Å². The minimum absolute atomic E-state index is 0.442. The first kappa shape index (κ1) is 16.3. The Kier molecular flexibility index (Phi) is 6.52. The Labute approximate surface area is 129 Å². The van der Waals surface area contributed by atoms with Crippen molar-refractivity contribution < 1.29 is 4.74 Å². The molecule has 21 heavy (non-hydrogen) atoms. The lowest BCUT2D eigenvalue weighted by atomic mass is 10.0. The summed E-state index contributed by atoms with van der Waals surface area (Å²) in [6, 6.07) is 8.88. The molecule has 0 aliphatic carbocycles. The molecule has 0 radical (unpaired) electrons. The summed E-state index contributed by atoms with van der Waals surface area (Å²) in [4.78, 5) is 2.60. The first-order valence-electron chi connectivity index (χ1n) is 8.32. The Morgan fingerprint density at radius 3 is 2.43 bits per heavy atom. The monoisotopic (exact) mass is 290 g/mol. The Balaban J connectivity index is 1.80. The maximum absolute atomic E-state index is 5.23. The number of methoxy groups -OCH3 is 1. The minimum atomic E-state index is 0.442. The van der Waals surface area contributed by atoms with Crippen molar-refractivity contribution in [3.8, 4) is 5.75 Å². The summed E-state index contributed by atoms with van der Waals surface area (Å²) in [5, 5.41) is 3.73. The lowest BCUT2D eigenvalue weighted by Gasteiger charge is -2.24. The molecule has 1 aliphatic rings. The second kappa shape index (κ2) is 8.40. The van der Waals surface area contributed by atoms with Gasteiger partial charge in [-0.15, -0.1) is 0 Å². The summed E-state index contributed by atoms with van der Waals surface area (Å²) in [5.74, 6) is 1.63. The van der Waals surface area contributed by atoms with E-state index in [1.807, 2.05) is 12.1 Å². The standard InChI is InChI=1S/C18H30N2O/c1-4-18(16-7-9-17(21-3)10-8-16)19-13-15(2)14-20-11-5-6-12-20/h7-10,15,18-19H,4-6,11-14H2,1-3H3. The zero-order chi connectivity index (χ0) is 15.1. The van der Waals surface area contributed by atoms with E-state index in [2.05, 4.69) is 36.2 Å². The Bertz CT molecular complexity index is 398. The molecule has 0 saturated carbocycles. The van der Waals surface area contributed by atoms with Gasteiger partial charge >= 0.3 is 0 Å². The van der Waals surface area contributed by atoms with Gasteiger partial charge in [-0.1, -0.05) is 26.0 Å². The lowest BCUT2D eigenvalue weighted by Crippen LogP contribution is -2.33. The van der Waals surface area contributed by atoms with E-state index in [0.717, 1.165) is 18.7 Å². The number of rotatable bonds is 8. The van der Waals surface area contributed by atoms with E-state index < -0.39 is 0 Å². The zero-order valence-corrected chi connectivity index (χ0v) is 13.8. The molecule has 2 unspecified atom stereocenters. The van der Waals surface area contributed by atoms with Crippen molar-refractivity contribution in [2.24, 2.45) is 5.92 Å². The van der Waals surface area contributed by atoms with Crippen molar-refractivity contribution in [2.75, 3.05) is 33.3 Å². The van der Waals surface area contributed by atoms with Crippen LogP contribution in [0.2, 0.25) is 0 Å². The van der Waals surface area contributed by atoms with Gasteiger partial charge in [-0.05, 0) is 62.5 Å². The summed E-state index contributed by atoms with van der Waals surface area (Å²) < 4.78 is 5.23. The maximum atomic E-state index is 5.23. The third-order valence-corrected chi connectivity index (χ3v) is 4.41. The Morgan fingerprint density at radius 1 is 1.19 bits per heavy atom. The molecule has 1 saturated heterocycles. The van der Waals surface area contributed by atoms with E-state index in [1.165, 1.54) is 38.0 Å². The van der Waals surface area contributed by atoms with E-state index >= 15 is 0 Å². The molecule has 0 spiro atoms. The first-order valence-corrected chi connectivity index (χ1v) is 8.32. The van der Waals surface area contributed by atoms with Crippen LogP contribution in [-0.2, 0) is 0 Å². The summed E-state index contributed by atoms with van der Waals surface area (Å²) in [6.45, 7) is 9.49. The van der Waals surface area contributed by atoms with Crippen molar-refractivity contribution in [3.63, 3.8) is 0 Å². The molecule has 3 nitrogen and oxygen atoms in total. The van der Waals surface area contributed by atoms with Gasteiger partial charge in [-0.2, -0.15) is 0 Å². The van der Waals surface area contributed by atoms with Crippen molar-refractivity contribution in [1.82, 2.24) is 10.2 Å². The number of ether oxygens (including phenoxy) is 1. The molecule has 0 aromatic heterocycles. The molecule has 0 bridgehead atoms. The normalized spacial score (nSPS) is 18.6. The summed E-state index contributed by atoms with van der Waals surface area (Å²) in [6.07, 6.45) is 3.87. The van der Waals surface area contributed by atoms with Crippen LogP contribution in [0.1, 0.15) is 44.7 Å². The fourth-order valence-corrected chi connectivity index (χ4v) is 3.15. The highest BCUT2D eigenvalue weighted by molar-refractivity contribution is 5.29. The number of hydrogen-bond donors (Lipinski definition) is 1. The maximum Gasteiger partial charge on any atom is 0.118 e. The van der Waals surface area contributed by atoms with Gasteiger partial charge in [0.1, 0.15) is 5.75 Å². The molecule has 1 N–H and O–H groups in total. The number of hydrogen-bond acceptors (Lipinski definition) is 3. The van der Waals surface area contributed by atoms with E-state index in [9.17, 15) is 0 Å². The molecule has 1 heterocycles. The molecule has 1 aliphatic heterocycles. The van der Waals surface area contributed by atoms with Gasteiger partial charge in [0.05, 0.1) is 7.11 Å². The second-order valence-electron chi connectivity index (χ2n) is 6.26. The van der Waals surface area contributed by atoms with Crippen LogP contribution in [0, 0.1) is 5.92 Å². The zero-order valence-electron chi connectivity index (χ0n) is 13.8. The van der Waals surface area contributed by atoms with Gasteiger partial charge in [-0.25, -0.2) is 0 Å². The average molecular weight is 290 g/mol. The van der Waals surface area contributed by atoms with Crippen molar-refractivity contribution in [2.45, 2.75) is 39.2 Å². The van der Waals surface area contributed by atoms with E-state index in [4.69, 9.17) is 4.74 Å². The number of nitrogens with one attached hydrogen (secondary N) is 1. The van der Waals surface area contributed by atoms with Crippen LogP contribution in [0.3, 0.4) is 0 Å². The highest BCUT2D eigenvalue weighted by atomic mass is 16.5. The molecule has 1 fully saturated rings. The fraction of sp³-hybridized carbons (Fsp3) is 0.667. The smallest absolute Gasteiger partial charge is 0.118 e. The van der Waals surface area contributed by atoms with Crippen LogP contribution in [0.4, 0.5) is 0 Å². The van der Waals surface area contributed by atoms with Crippen molar-refractivity contribution in [3.05, 3.63) is 29.8 Å². The fourth-order valence-electron chi connectivity index (χ4n) is 3.15. The van der Waals surface area contributed by atoms with Crippen LogP contribution in [0.25, 0.3) is 0 Å². The van der Waals surface area contributed by atoms with Gasteiger partial charge in [0.15, 0.2) is 0 Å². The highest BCUT2D eigenvalue weighted by Gasteiger charge is 2.16. The minimum Gasteiger partial charge on any atom is -0.497 e. The van der Waals surface area contributed by atoms with Crippen LogP contribution >= 0.6 is 0 Å². The SMILES string of the molecule is CCC(NCC(C)CN1CCCC1)c1ccc(OC)cc1. The van der Waals surface area contributed by atoms with Crippen LogP contribution in [0.5, 0.6) is 5.75 Å². The third kappa shape index (κ3) is 5.01. The molecule has 2 rings (SSSR count). The number of likely N-dealkylation sites (tertiary alicyclic amines) is 1. The molecule has 1 aromatic rings. The molecule has 118 valence electrons. The van der Waals surface area contributed by atoms with Crippen LogP contribution in [-0.4, -0.2) is 38.2 Å². The average Bonchev–Trinajstić information content (AvgIpc) is 3.01. The van der Waals surface area contributed by atoms with Gasteiger partial charge in [0, 0.05) is 12.6 Å². The second-order valence-corrected chi connectivity index (χ2v) is 6.26. The van der Waals surface area contributed by atoms with Gasteiger partial charge in [0.25, 0.3) is 0 Å². The predicted molar refractivity (Wildman–Crippen MR) is 88.9 cm³/mol. The summed E-state index contributed by atoms with van der Waals surface area (Å²) >= 11 is 0. The molecular weight excluding hydrogens is 260 g/mol. The topological polar surface area (TPSA) is 24.5 Å². The van der Waals surface area contributed by atoms with E-state index in [-0.39, 0.29) is 0 Å². The number of nitrogens with zero attached hydrogens (tertiary/aromatic N) is 1. The number of benzene rings is 1. The summed E-state index contributed by atoms with van der Waals surface area (Å²) in [5.41, 5.74) is 1.35. The largest absolute Gasteiger partial charge is 0.497 e. The van der Waals surface area contributed by atoms with E-state index in [0.29, 0.717) is 12.0 Å². The molecule has 1 aromatic carbocycles. The molecule has 3 heteroatoms. The summed E-state index contributed by atoms with van der Waals surface area (Å²) in [7, 11) is 1.71. The van der Waals surface area contributed by atoms with Crippen molar-refractivity contribution in [1.29, 1.82) is 0 Å². The molecule has 2 atom stereocenters. The van der Waals surface area contributed by atoms with Gasteiger partial charge in [0.2, 0.25) is 0 Å². The predicted octanol–water partition coefficient (Wildman–Crippen LogP) is 3.47. The van der Waals surface area contributed by atoms with Gasteiger partial charge in [-0.3, -0.25) is 0 Å².